The summed E-state index contributed by atoms with van der Waals surface area (Å²) in [6.45, 7) is 0.285. The first-order valence-corrected chi connectivity index (χ1v) is 6.28. The molecule has 21 heavy (non-hydrogen) atoms. The van der Waals surface area contributed by atoms with Gasteiger partial charge in [-0.3, -0.25) is 14.0 Å². The van der Waals surface area contributed by atoms with Crippen LogP contribution in [0.5, 0.6) is 0 Å². The highest BCUT2D eigenvalue weighted by Crippen LogP contribution is 2.08. The molecule has 3 aromatic rings. The molecule has 1 N–H and O–H groups in total. The molecule has 0 amide bonds. The Morgan fingerprint density at radius 2 is 2.14 bits per heavy atom. The van der Waals surface area contributed by atoms with Crippen molar-refractivity contribution in [2.45, 2.75) is 19.2 Å². The van der Waals surface area contributed by atoms with Crippen molar-refractivity contribution >= 4 is 10.9 Å². The summed E-state index contributed by atoms with van der Waals surface area (Å²) in [5, 5.41) is 14.2. The average Bonchev–Trinajstić information content (AvgIpc) is 2.94. The van der Waals surface area contributed by atoms with E-state index < -0.39 is 11.9 Å². The monoisotopic (exact) mass is 289 g/mol. The maximum Gasteiger partial charge on any atom is 0.261 e. The maximum absolute atomic E-state index is 13.1. The molecule has 0 radical (unpaired) electrons. The van der Waals surface area contributed by atoms with Gasteiger partial charge in [-0.25, -0.2) is 14.4 Å². The number of nitrogens with zero attached hydrogens (tertiary/aromatic N) is 5. The zero-order chi connectivity index (χ0) is 14.8. The third kappa shape index (κ3) is 2.79. The summed E-state index contributed by atoms with van der Waals surface area (Å²) in [5.74, 6) is -0.446. The van der Waals surface area contributed by atoms with Gasteiger partial charge in [0.15, 0.2) is 0 Å². The van der Waals surface area contributed by atoms with Crippen LogP contribution in [0.1, 0.15) is 0 Å². The number of rotatable bonds is 4. The Morgan fingerprint density at radius 1 is 1.29 bits per heavy atom. The summed E-state index contributed by atoms with van der Waals surface area (Å²) >= 11 is 0. The molecule has 1 atom stereocenters. The zero-order valence-corrected chi connectivity index (χ0v) is 10.9. The first-order chi connectivity index (χ1) is 10.1. The quantitative estimate of drug-likeness (QED) is 0.741. The van der Waals surface area contributed by atoms with Gasteiger partial charge in [-0.2, -0.15) is 5.10 Å². The second kappa shape index (κ2) is 5.41. The van der Waals surface area contributed by atoms with Gasteiger partial charge >= 0.3 is 0 Å². The minimum Gasteiger partial charge on any atom is -0.389 e. The van der Waals surface area contributed by atoms with Crippen LogP contribution in [0.4, 0.5) is 4.39 Å². The van der Waals surface area contributed by atoms with Crippen molar-refractivity contribution in [3.8, 4) is 0 Å². The molecule has 108 valence electrons. The van der Waals surface area contributed by atoms with Crippen LogP contribution in [0.2, 0.25) is 0 Å². The molecule has 0 spiro atoms. The maximum atomic E-state index is 13.1. The second-order valence-corrected chi connectivity index (χ2v) is 4.63. The number of fused-ring (bicyclic) bond motifs is 1. The topological polar surface area (TPSA) is 85.8 Å². The SMILES string of the molecule is O=c1c2ccc(F)cc2ncn1CC(O)Cn1cncn1. The largest absolute Gasteiger partial charge is 0.389 e. The molecule has 1 aromatic carbocycles. The lowest BCUT2D eigenvalue weighted by atomic mass is 10.2. The van der Waals surface area contributed by atoms with Crippen LogP contribution in [-0.4, -0.2) is 35.5 Å². The fourth-order valence-corrected chi connectivity index (χ4v) is 2.09. The molecule has 2 heterocycles. The minimum atomic E-state index is -0.816. The summed E-state index contributed by atoms with van der Waals surface area (Å²) < 4.78 is 15.9. The Kier molecular flexibility index (Phi) is 3.44. The number of aliphatic hydroxyl groups excluding tert-OH is 1. The van der Waals surface area contributed by atoms with Gasteiger partial charge in [-0.1, -0.05) is 0 Å². The van der Waals surface area contributed by atoms with Crippen LogP contribution in [0.3, 0.4) is 0 Å². The molecule has 0 aliphatic carbocycles. The van der Waals surface area contributed by atoms with E-state index in [4.69, 9.17) is 0 Å². The van der Waals surface area contributed by atoms with Crippen LogP contribution >= 0.6 is 0 Å². The van der Waals surface area contributed by atoms with Gasteiger partial charge in [0.05, 0.1) is 36.4 Å². The third-order valence-electron chi connectivity index (χ3n) is 3.06. The summed E-state index contributed by atoms with van der Waals surface area (Å²) in [6, 6.07) is 3.80. The molecular formula is C13H12FN5O2. The van der Waals surface area contributed by atoms with Gasteiger partial charge in [0.2, 0.25) is 0 Å². The van der Waals surface area contributed by atoms with Gasteiger partial charge in [-0.05, 0) is 12.1 Å². The number of aromatic nitrogens is 5. The van der Waals surface area contributed by atoms with Crippen molar-refractivity contribution in [3.63, 3.8) is 0 Å². The minimum absolute atomic E-state index is 0.0685. The fraction of sp³-hybridized carbons (Fsp3) is 0.231. The Hall–Kier alpha value is -2.61. The van der Waals surface area contributed by atoms with Crippen LogP contribution in [0, 0.1) is 5.82 Å². The van der Waals surface area contributed by atoms with Gasteiger partial charge in [-0.15, -0.1) is 0 Å². The van der Waals surface area contributed by atoms with Gasteiger partial charge in [0, 0.05) is 6.07 Å². The van der Waals surface area contributed by atoms with Crippen molar-refractivity contribution in [2.75, 3.05) is 0 Å². The van der Waals surface area contributed by atoms with Crippen molar-refractivity contribution in [2.24, 2.45) is 0 Å². The molecule has 8 heteroatoms. The molecule has 0 saturated heterocycles. The third-order valence-corrected chi connectivity index (χ3v) is 3.06. The van der Waals surface area contributed by atoms with E-state index in [0.29, 0.717) is 10.9 Å². The van der Waals surface area contributed by atoms with E-state index in [1.165, 1.54) is 46.4 Å². The molecule has 0 saturated carbocycles. The highest BCUT2D eigenvalue weighted by atomic mass is 19.1. The standard InChI is InChI=1S/C13H12FN5O2/c14-9-1-2-11-12(3-9)16-8-18(13(11)21)4-10(20)5-19-7-15-6-17-19/h1-3,6-8,10,20H,4-5H2. The smallest absolute Gasteiger partial charge is 0.261 e. The lowest BCUT2D eigenvalue weighted by molar-refractivity contribution is 0.128. The lowest BCUT2D eigenvalue weighted by Crippen LogP contribution is -2.29. The van der Waals surface area contributed by atoms with E-state index in [0.717, 1.165) is 0 Å². The van der Waals surface area contributed by atoms with Crippen molar-refractivity contribution in [1.29, 1.82) is 0 Å². The van der Waals surface area contributed by atoms with E-state index in [-0.39, 0.29) is 18.6 Å². The van der Waals surface area contributed by atoms with Crippen molar-refractivity contribution in [3.05, 3.63) is 53.4 Å². The highest BCUT2D eigenvalue weighted by Gasteiger charge is 2.10. The Bertz CT molecular complexity index is 815. The predicted octanol–water partition coefficient (Wildman–Crippen LogP) is 0.188. The first kappa shape index (κ1) is 13.4. The lowest BCUT2D eigenvalue weighted by Gasteiger charge is -2.12. The molecule has 0 fully saturated rings. The Labute approximate surface area is 118 Å². The fourth-order valence-electron chi connectivity index (χ4n) is 2.09. The van der Waals surface area contributed by atoms with Gasteiger partial charge in [0.25, 0.3) is 5.56 Å². The van der Waals surface area contributed by atoms with E-state index in [1.54, 1.807) is 0 Å². The molecule has 0 aliphatic heterocycles. The van der Waals surface area contributed by atoms with Crippen LogP contribution in [0.25, 0.3) is 10.9 Å². The van der Waals surface area contributed by atoms with E-state index in [9.17, 15) is 14.3 Å². The normalized spacial score (nSPS) is 12.7. The van der Waals surface area contributed by atoms with Crippen LogP contribution in [0.15, 0.2) is 42.0 Å². The molecule has 2 aromatic heterocycles. The summed E-state index contributed by atoms with van der Waals surface area (Å²) in [7, 11) is 0. The Morgan fingerprint density at radius 3 is 2.90 bits per heavy atom. The van der Waals surface area contributed by atoms with E-state index >= 15 is 0 Å². The van der Waals surface area contributed by atoms with E-state index in [2.05, 4.69) is 15.1 Å². The summed E-state index contributed by atoms with van der Waals surface area (Å²) in [6.07, 6.45) is 3.33. The van der Waals surface area contributed by atoms with E-state index in [1.807, 2.05) is 0 Å². The highest BCUT2D eigenvalue weighted by molar-refractivity contribution is 5.77. The van der Waals surface area contributed by atoms with Gasteiger partial charge in [0.1, 0.15) is 18.5 Å². The summed E-state index contributed by atoms with van der Waals surface area (Å²) in [4.78, 5) is 20.0. The number of hydrogen-bond donors (Lipinski definition) is 1. The number of benzene rings is 1. The molecule has 0 aliphatic rings. The zero-order valence-electron chi connectivity index (χ0n) is 10.9. The van der Waals surface area contributed by atoms with Crippen LogP contribution in [-0.2, 0) is 13.1 Å². The molecular weight excluding hydrogens is 277 g/mol. The summed E-state index contributed by atoms with van der Waals surface area (Å²) in [5.41, 5.74) is -0.0281. The van der Waals surface area contributed by atoms with Crippen molar-refractivity contribution < 1.29 is 9.50 Å². The number of aliphatic hydroxyl groups is 1. The average molecular weight is 289 g/mol. The Balaban J connectivity index is 1.85. The van der Waals surface area contributed by atoms with Gasteiger partial charge < -0.3 is 5.11 Å². The van der Waals surface area contributed by atoms with Crippen LogP contribution < -0.4 is 5.56 Å². The van der Waals surface area contributed by atoms with Crippen molar-refractivity contribution in [1.82, 2.24) is 24.3 Å². The number of halogens is 1. The first-order valence-electron chi connectivity index (χ1n) is 6.28. The molecule has 7 nitrogen and oxygen atoms in total. The molecule has 1 unspecified atom stereocenters. The second-order valence-electron chi connectivity index (χ2n) is 4.63. The number of hydrogen-bond acceptors (Lipinski definition) is 5. The predicted molar refractivity (Wildman–Crippen MR) is 72.0 cm³/mol. The molecule has 3 rings (SSSR count). The molecule has 0 bridgehead atoms.